The fourth-order valence-corrected chi connectivity index (χ4v) is 2.26. The van der Waals surface area contributed by atoms with E-state index < -0.39 is 17.9 Å². The Hall–Kier alpha value is -2.37. The van der Waals surface area contributed by atoms with Crippen LogP contribution in [0.3, 0.4) is 0 Å². The topological polar surface area (TPSA) is 68.2 Å². The van der Waals surface area contributed by atoms with Gasteiger partial charge in [-0.2, -0.15) is 5.10 Å². The first-order valence-corrected chi connectivity index (χ1v) is 7.92. The van der Waals surface area contributed by atoms with Gasteiger partial charge < -0.3 is 9.47 Å². The average Bonchev–Trinajstić information content (AvgIpc) is 3.01. The summed E-state index contributed by atoms with van der Waals surface area (Å²) in [6, 6.07) is 9.39. The first-order valence-electron chi connectivity index (χ1n) is 7.92. The molecule has 1 aliphatic rings. The third-order valence-corrected chi connectivity index (χ3v) is 3.48. The molecule has 0 saturated carbocycles. The van der Waals surface area contributed by atoms with Crippen molar-refractivity contribution in [2.24, 2.45) is 11.0 Å². The molecule has 0 amide bonds. The van der Waals surface area contributed by atoms with Crippen LogP contribution in [0.2, 0.25) is 0 Å². The van der Waals surface area contributed by atoms with Crippen LogP contribution in [0.5, 0.6) is 0 Å². The Bertz CT molecular complexity index is 571. The number of carbonyl (C=O) groups excluding carboxylic acids is 2. The van der Waals surface area contributed by atoms with Crippen molar-refractivity contribution in [3.8, 4) is 0 Å². The zero-order chi connectivity index (χ0) is 16.7. The SMILES string of the molecule is CCCCOC(=O)[C@@H]1CN(c2ccccc2)N=C1C(=O)OCC. The molecule has 6 heteroatoms. The summed E-state index contributed by atoms with van der Waals surface area (Å²) < 4.78 is 10.3. The van der Waals surface area contributed by atoms with E-state index >= 15 is 0 Å². The minimum Gasteiger partial charge on any atom is -0.465 e. The monoisotopic (exact) mass is 318 g/mol. The van der Waals surface area contributed by atoms with Crippen molar-refractivity contribution in [3.63, 3.8) is 0 Å². The molecular weight excluding hydrogens is 296 g/mol. The number of hydrogen-bond donors (Lipinski definition) is 0. The van der Waals surface area contributed by atoms with Gasteiger partial charge >= 0.3 is 11.9 Å². The van der Waals surface area contributed by atoms with Crippen molar-refractivity contribution < 1.29 is 19.1 Å². The van der Waals surface area contributed by atoms with Gasteiger partial charge in [-0.3, -0.25) is 9.80 Å². The zero-order valence-corrected chi connectivity index (χ0v) is 13.5. The predicted molar refractivity (Wildman–Crippen MR) is 87.2 cm³/mol. The van der Waals surface area contributed by atoms with Crippen molar-refractivity contribution in [2.45, 2.75) is 26.7 Å². The summed E-state index contributed by atoms with van der Waals surface area (Å²) in [5.41, 5.74) is 0.926. The molecule has 23 heavy (non-hydrogen) atoms. The van der Waals surface area contributed by atoms with Crippen molar-refractivity contribution in [1.29, 1.82) is 0 Å². The Morgan fingerprint density at radius 3 is 2.61 bits per heavy atom. The van der Waals surface area contributed by atoms with E-state index in [0.29, 0.717) is 6.61 Å². The molecular formula is C17H22N2O4. The summed E-state index contributed by atoms with van der Waals surface area (Å²) >= 11 is 0. The maximum absolute atomic E-state index is 12.3. The fourth-order valence-electron chi connectivity index (χ4n) is 2.26. The van der Waals surface area contributed by atoms with Crippen molar-refractivity contribution in [2.75, 3.05) is 24.8 Å². The molecule has 0 fully saturated rings. The summed E-state index contributed by atoms with van der Waals surface area (Å²) in [5, 5.41) is 5.92. The van der Waals surface area contributed by atoms with Gasteiger partial charge in [-0.1, -0.05) is 31.5 Å². The van der Waals surface area contributed by atoms with Gasteiger partial charge in [-0.25, -0.2) is 4.79 Å². The molecule has 1 heterocycles. The van der Waals surface area contributed by atoms with Gasteiger partial charge in [0.1, 0.15) is 5.92 Å². The Balaban J connectivity index is 2.15. The zero-order valence-electron chi connectivity index (χ0n) is 13.5. The van der Waals surface area contributed by atoms with E-state index in [0.717, 1.165) is 18.5 Å². The minimum atomic E-state index is -0.717. The van der Waals surface area contributed by atoms with Crippen LogP contribution in [0.25, 0.3) is 0 Å². The lowest BCUT2D eigenvalue weighted by Gasteiger charge is -2.15. The van der Waals surface area contributed by atoms with E-state index in [1.165, 1.54) is 0 Å². The van der Waals surface area contributed by atoms with Crippen LogP contribution in [0.4, 0.5) is 5.69 Å². The highest BCUT2D eigenvalue weighted by atomic mass is 16.5. The summed E-state index contributed by atoms with van der Waals surface area (Å²) in [4.78, 5) is 24.4. The van der Waals surface area contributed by atoms with Crippen LogP contribution >= 0.6 is 0 Å². The molecule has 0 N–H and O–H groups in total. The Kier molecular flexibility index (Phi) is 6.14. The third kappa shape index (κ3) is 4.31. The summed E-state index contributed by atoms with van der Waals surface area (Å²) in [7, 11) is 0. The van der Waals surface area contributed by atoms with Gasteiger partial charge in [0.15, 0.2) is 5.71 Å². The second kappa shape index (κ2) is 8.31. The maximum Gasteiger partial charge on any atom is 0.355 e. The molecule has 0 aromatic heterocycles. The van der Waals surface area contributed by atoms with E-state index in [-0.39, 0.29) is 18.9 Å². The molecule has 2 rings (SSSR count). The highest BCUT2D eigenvalue weighted by Crippen LogP contribution is 2.23. The predicted octanol–water partition coefficient (Wildman–Crippen LogP) is 2.39. The van der Waals surface area contributed by atoms with Gasteiger partial charge in [0.25, 0.3) is 0 Å². The standard InChI is InChI=1S/C17H22N2O4/c1-3-5-11-23-16(20)14-12-19(13-9-7-6-8-10-13)18-15(14)17(21)22-4-2/h6-10,14H,3-5,11-12H2,1-2H3/t14-/m1/s1. The molecule has 0 saturated heterocycles. The molecule has 1 aromatic carbocycles. The van der Waals surface area contributed by atoms with E-state index in [4.69, 9.17) is 9.47 Å². The van der Waals surface area contributed by atoms with Crippen molar-refractivity contribution in [3.05, 3.63) is 30.3 Å². The molecule has 1 atom stereocenters. The third-order valence-electron chi connectivity index (χ3n) is 3.48. The summed E-state index contributed by atoms with van der Waals surface area (Å²) in [5.74, 6) is -1.71. The fraction of sp³-hybridized carbons (Fsp3) is 0.471. The number of hydrogen-bond acceptors (Lipinski definition) is 6. The number of benzene rings is 1. The average molecular weight is 318 g/mol. The number of para-hydroxylation sites is 1. The lowest BCUT2D eigenvalue weighted by Crippen LogP contribution is -2.33. The lowest BCUT2D eigenvalue weighted by atomic mass is 10.0. The van der Waals surface area contributed by atoms with E-state index in [1.807, 2.05) is 37.3 Å². The van der Waals surface area contributed by atoms with E-state index in [9.17, 15) is 9.59 Å². The molecule has 1 aromatic rings. The van der Waals surface area contributed by atoms with Crippen LogP contribution in [0.15, 0.2) is 35.4 Å². The van der Waals surface area contributed by atoms with Gasteiger partial charge in [0, 0.05) is 0 Å². The van der Waals surface area contributed by atoms with E-state index in [1.54, 1.807) is 11.9 Å². The van der Waals surface area contributed by atoms with Crippen LogP contribution in [-0.4, -0.2) is 37.4 Å². The number of unbranched alkanes of at least 4 members (excludes halogenated alkanes) is 1. The lowest BCUT2D eigenvalue weighted by molar-refractivity contribution is -0.147. The van der Waals surface area contributed by atoms with Gasteiger partial charge in [-0.15, -0.1) is 0 Å². The van der Waals surface area contributed by atoms with Crippen LogP contribution in [-0.2, 0) is 19.1 Å². The first-order chi connectivity index (χ1) is 11.2. The number of hydrazone groups is 1. The largest absolute Gasteiger partial charge is 0.465 e. The summed E-state index contributed by atoms with van der Waals surface area (Å²) in [6.45, 7) is 4.61. The Morgan fingerprint density at radius 2 is 1.96 bits per heavy atom. The normalized spacial score (nSPS) is 16.9. The number of ether oxygens (including phenoxy) is 2. The number of rotatable bonds is 7. The quantitative estimate of drug-likeness (QED) is 0.570. The van der Waals surface area contributed by atoms with Gasteiger partial charge in [0.05, 0.1) is 25.4 Å². The highest BCUT2D eigenvalue weighted by Gasteiger charge is 2.39. The molecule has 6 nitrogen and oxygen atoms in total. The molecule has 0 aliphatic carbocycles. The van der Waals surface area contributed by atoms with Gasteiger partial charge in [0.2, 0.25) is 0 Å². The number of esters is 2. The maximum atomic E-state index is 12.3. The van der Waals surface area contributed by atoms with Crippen LogP contribution in [0, 0.1) is 5.92 Å². The molecule has 0 unspecified atom stereocenters. The first kappa shape index (κ1) is 17.0. The van der Waals surface area contributed by atoms with Gasteiger partial charge in [-0.05, 0) is 25.5 Å². The van der Waals surface area contributed by atoms with Crippen LogP contribution in [0.1, 0.15) is 26.7 Å². The van der Waals surface area contributed by atoms with Crippen molar-refractivity contribution in [1.82, 2.24) is 0 Å². The van der Waals surface area contributed by atoms with Crippen LogP contribution < -0.4 is 5.01 Å². The molecule has 0 spiro atoms. The smallest absolute Gasteiger partial charge is 0.355 e. The molecule has 0 bridgehead atoms. The number of anilines is 1. The van der Waals surface area contributed by atoms with Crippen molar-refractivity contribution >= 4 is 23.3 Å². The second-order valence-electron chi connectivity index (χ2n) is 5.20. The molecule has 1 aliphatic heterocycles. The highest BCUT2D eigenvalue weighted by molar-refractivity contribution is 6.41. The Labute approximate surface area is 136 Å². The molecule has 0 radical (unpaired) electrons. The summed E-state index contributed by atoms with van der Waals surface area (Å²) in [6.07, 6.45) is 1.74. The second-order valence-corrected chi connectivity index (χ2v) is 5.20. The minimum absolute atomic E-state index is 0.109. The number of nitrogens with zero attached hydrogens (tertiary/aromatic N) is 2. The Morgan fingerprint density at radius 1 is 1.22 bits per heavy atom. The molecule has 124 valence electrons. The number of carbonyl (C=O) groups is 2. The van der Waals surface area contributed by atoms with E-state index in [2.05, 4.69) is 5.10 Å².